The quantitative estimate of drug-likeness (QED) is 0.791. The van der Waals surface area contributed by atoms with E-state index in [1.54, 1.807) is 0 Å². The van der Waals surface area contributed by atoms with Crippen LogP contribution in [0.2, 0.25) is 0 Å². The number of nitrogens with two attached hydrogens (primary N) is 1. The molecule has 2 fully saturated rings. The van der Waals surface area contributed by atoms with Crippen LogP contribution in [0.1, 0.15) is 39.0 Å². The van der Waals surface area contributed by atoms with Gasteiger partial charge in [0.2, 0.25) is 0 Å². The van der Waals surface area contributed by atoms with Crippen LogP contribution in [0.3, 0.4) is 0 Å². The van der Waals surface area contributed by atoms with Crippen LogP contribution >= 0.6 is 0 Å². The summed E-state index contributed by atoms with van der Waals surface area (Å²) >= 11 is 0. The van der Waals surface area contributed by atoms with Gasteiger partial charge in [0.05, 0.1) is 0 Å². The van der Waals surface area contributed by atoms with E-state index in [1.165, 1.54) is 32.4 Å². The zero-order valence-electron chi connectivity index (χ0n) is 10.6. The molecule has 2 N–H and O–H groups in total. The van der Waals surface area contributed by atoms with Gasteiger partial charge in [-0.05, 0) is 50.6 Å². The van der Waals surface area contributed by atoms with Crippen LogP contribution in [-0.4, -0.2) is 43.8 Å². The van der Waals surface area contributed by atoms with Crippen molar-refractivity contribution >= 4 is 0 Å². The van der Waals surface area contributed by atoms with Gasteiger partial charge in [0.15, 0.2) is 0 Å². The number of likely N-dealkylation sites (tertiary alicyclic amines) is 1. The molecule has 3 heteroatoms. The Kier molecular flexibility index (Phi) is 4.22. The second-order valence-electron chi connectivity index (χ2n) is 5.49. The lowest BCUT2D eigenvalue weighted by Gasteiger charge is -2.40. The Hall–Kier alpha value is -0.120. The molecule has 2 aliphatic heterocycles. The van der Waals surface area contributed by atoms with Gasteiger partial charge in [-0.25, -0.2) is 0 Å². The average Bonchev–Trinajstić information content (AvgIpc) is 2.77. The number of hydrogen-bond donors (Lipinski definition) is 1. The molecule has 0 radical (unpaired) electrons. The molecule has 3 nitrogen and oxygen atoms in total. The number of hydrogen-bond acceptors (Lipinski definition) is 3. The molecule has 0 aromatic carbocycles. The minimum Gasteiger partial charge on any atom is -0.381 e. The summed E-state index contributed by atoms with van der Waals surface area (Å²) in [6.07, 6.45) is 6.34. The predicted molar refractivity (Wildman–Crippen MR) is 66.4 cm³/mol. The standard InChI is InChI=1S/C13H26N2O/c1-2-12-4-3-7-15(12)11-13(10-14)5-8-16-9-6-13/h12H,2-11,14H2,1H3. The highest BCUT2D eigenvalue weighted by Gasteiger charge is 2.36. The minimum atomic E-state index is 0.343. The van der Waals surface area contributed by atoms with Crippen molar-refractivity contribution in [2.75, 3.05) is 32.8 Å². The molecule has 0 bridgehead atoms. The molecule has 2 saturated heterocycles. The summed E-state index contributed by atoms with van der Waals surface area (Å²) in [7, 11) is 0. The molecule has 1 unspecified atom stereocenters. The summed E-state index contributed by atoms with van der Waals surface area (Å²) in [4.78, 5) is 2.68. The number of nitrogens with zero attached hydrogens (tertiary/aromatic N) is 1. The highest BCUT2D eigenvalue weighted by atomic mass is 16.5. The van der Waals surface area contributed by atoms with Crippen LogP contribution in [0.4, 0.5) is 0 Å². The maximum atomic E-state index is 6.02. The van der Waals surface area contributed by atoms with Crippen molar-refractivity contribution in [1.29, 1.82) is 0 Å². The second kappa shape index (κ2) is 5.48. The zero-order valence-corrected chi connectivity index (χ0v) is 10.6. The third-order valence-corrected chi connectivity index (χ3v) is 4.50. The molecule has 2 heterocycles. The fourth-order valence-electron chi connectivity index (χ4n) is 3.23. The van der Waals surface area contributed by atoms with Crippen LogP contribution in [-0.2, 0) is 4.74 Å². The van der Waals surface area contributed by atoms with Crippen molar-refractivity contribution in [3.05, 3.63) is 0 Å². The van der Waals surface area contributed by atoms with Crippen LogP contribution in [0, 0.1) is 5.41 Å². The molecule has 2 aliphatic rings. The highest BCUT2D eigenvalue weighted by molar-refractivity contribution is 4.89. The van der Waals surface area contributed by atoms with Crippen LogP contribution in [0.25, 0.3) is 0 Å². The van der Waals surface area contributed by atoms with Crippen LogP contribution in [0.5, 0.6) is 0 Å². The average molecular weight is 226 g/mol. The maximum absolute atomic E-state index is 6.02. The first-order valence-corrected chi connectivity index (χ1v) is 6.81. The van der Waals surface area contributed by atoms with E-state index in [1.807, 2.05) is 0 Å². The summed E-state index contributed by atoms with van der Waals surface area (Å²) < 4.78 is 5.47. The Balaban J connectivity index is 1.94. The molecule has 0 saturated carbocycles. The van der Waals surface area contributed by atoms with Crippen LogP contribution < -0.4 is 5.73 Å². The van der Waals surface area contributed by atoms with Crippen molar-refractivity contribution in [2.45, 2.75) is 45.1 Å². The van der Waals surface area contributed by atoms with Crippen molar-refractivity contribution in [3.8, 4) is 0 Å². The Labute approximate surface area is 99.3 Å². The van der Waals surface area contributed by atoms with Crippen molar-refractivity contribution < 1.29 is 4.74 Å². The van der Waals surface area contributed by atoms with Gasteiger partial charge in [-0.2, -0.15) is 0 Å². The van der Waals surface area contributed by atoms with Gasteiger partial charge in [-0.15, -0.1) is 0 Å². The lowest BCUT2D eigenvalue weighted by molar-refractivity contribution is -0.00240. The second-order valence-corrected chi connectivity index (χ2v) is 5.49. The first kappa shape index (κ1) is 12.3. The number of rotatable bonds is 4. The molecule has 2 rings (SSSR count). The monoisotopic (exact) mass is 226 g/mol. The summed E-state index contributed by atoms with van der Waals surface area (Å²) in [5.41, 5.74) is 6.36. The lowest BCUT2D eigenvalue weighted by atomic mass is 9.79. The largest absolute Gasteiger partial charge is 0.381 e. The van der Waals surface area contributed by atoms with E-state index >= 15 is 0 Å². The van der Waals surface area contributed by atoms with Gasteiger partial charge < -0.3 is 10.5 Å². The summed E-state index contributed by atoms with van der Waals surface area (Å²) in [6, 6.07) is 0.811. The Bertz CT molecular complexity index is 214. The lowest BCUT2D eigenvalue weighted by Crippen LogP contribution is -2.47. The van der Waals surface area contributed by atoms with E-state index in [2.05, 4.69) is 11.8 Å². The Morgan fingerprint density at radius 2 is 2.12 bits per heavy atom. The van der Waals surface area contributed by atoms with Crippen molar-refractivity contribution in [3.63, 3.8) is 0 Å². The summed E-state index contributed by atoms with van der Waals surface area (Å²) in [5.74, 6) is 0. The fourth-order valence-corrected chi connectivity index (χ4v) is 3.23. The van der Waals surface area contributed by atoms with E-state index in [9.17, 15) is 0 Å². The van der Waals surface area contributed by atoms with Gasteiger partial charge in [-0.1, -0.05) is 6.92 Å². The van der Waals surface area contributed by atoms with E-state index in [-0.39, 0.29) is 0 Å². The molecular weight excluding hydrogens is 200 g/mol. The molecule has 94 valence electrons. The van der Waals surface area contributed by atoms with Crippen molar-refractivity contribution in [1.82, 2.24) is 4.90 Å². The van der Waals surface area contributed by atoms with Gasteiger partial charge in [-0.3, -0.25) is 4.90 Å². The summed E-state index contributed by atoms with van der Waals surface area (Å²) in [5, 5.41) is 0. The number of ether oxygens (including phenoxy) is 1. The van der Waals surface area contributed by atoms with Gasteiger partial charge in [0, 0.05) is 25.8 Å². The molecule has 0 spiro atoms. The van der Waals surface area contributed by atoms with Gasteiger partial charge in [0.1, 0.15) is 0 Å². The zero-order chi connectivity index (χ0) is 11.4. The Morgan fingerprint density at radius 1 is 1.38 bits per heavy atom. The molecule has 16 heavy (non-hydrogen) atoms. The highest BCUT2D eigenvalue weighted by Crippen LogP contribution is 2.33. The predicted octanol–water partition coefficient (Wildman–Crippen LogP) is 1.62. The third kappa shape index (κ3) is 2.58. The normalized spacial score (nSPS) is 30.8. The first-order valence-electron chi connectivity index (χ1n) is 6.81. The molecule has 0 aromatic rings. The molecule has 0 aromatic heterocycles. The molecule has 0 amide bonds. The minimum absolute atomic E-state index is 0.343. The van der Waals surface area contributed by atoms with Gasteiger partial charge >= 0.3 is 0 Å². The Morgan fingerprint density at radius 3 is 2.75 bits per heavy atom. The molecule has 1 atom stereocenters. The van der Waals surface area contributed by atoms with Crippen LogP contribution in [0.15, 0.2) is 0 Å². The topological polar surface area (TPSA) is 38.5 Å². The molecular formula is C13H26N2O. The van der Waals surface area contributed by atoms with E-state index in [0.717, 1.165) is 38.6 Å². The van der Waals surface area contributed by atoms with E-state index in [0.29, 0.717) is 5.41 Å². The molecule has 0 aliphatic carbocycles. The fraction of sp³-hybridized carbons (Fsp3) is 1.00. The van der Waals surface area contributed by atoms with Gasteiger partial charge in [0.25, 0.3) is 0 Å². The van der Waals surface area contributed by atoms with E-state index < -0.39 is 0 Å². The van der Waals surface area contributed by atoms with E-state index in [4.69, 9.17) is 10.5 Å². The third-order valence-electron chi connectivity index (χ3n) is 4.50. The SMILES string of the molecule is CCC1CCCN1CC1(CN)CCOCC1. The smallest absolute Gasteiger partial charge is 0.0472 e. The maximum Gasteiger partial charge on any atom is 0.0472 e. The first-order chi connectivity index (χ1) is 7.79. The van der Waals surface area contributed by atoms with Crippen molar-refractivity contribution in [2.24, 2.45) is 11.1 Å². The summed E-state index contributed by atoms with van der Waals surface area (Å²) in [6.45, 7) is 7.42.